The summed E-state index contributed by atoms with van der Waals surface area (Å²) in [6.45, 7) is 5.14. The number of fused-ring (bicyclic) bond motifs is 1. The molecule has 1 heterocycles. The number of carbonyl (C=O) groups excluding carboxylic acids is 2. The summed E-state index contributed by atoms with van der Waals surface area (Å²) >= 11 is 0. The summed E-state index contributed by atoms with van der Waals surface area (Å²) in [6, 6.07) is 0. The van der Waals surface area contributed by atoms with Crippen molar-refractivity contribution < 1.29 is 33.6 Å². The predicted octanol–water partition coefficient (Wildman–Crippen LogP) is 1.31. The van der Waals surface area contributed by atoms with Crippen LogP contribution in [-0.2, 0) is 28.5 Å². The molecule has 2 fully saturated rings. The first kappa shape index (κ1) is 18.2. The van der Waals surface area contributed by atoms with Crippen LogP contribution in [0.25, 0.3) is 0 Å². The van der Waals surface area contributed by atoms with E-state index in [-0.39, 0.29) is 6.10 Å². The van der Waals surface area contributed by atoms with Gasteiger partial charge in [0.1, 0.15) is 11.7 Å². The molecule has 0 bridgehead atoms. The summed E-state index contributed by atoms with van der Waals surface area (Å²) in [7, 11) is 0. The van der Waals surface area contributed by atoms with Crippen molar-refractivity contribution in [3.8, 4) is 0 Å². The zero-order valence-electron chi connectivity index (χ0n) is 13.9. The van der Waals surface area contributed by atoms with Crippen molar-refractivity contribution in [3.63, 3.8) is 0 Å². The Morgan fingerprint density at radius 3 is 2.57 bits per heavy atom. The van der Waals surface area contributed by atoms with Crippen molar-refractivity contribution in [2.45, 2.75) is 83.1 Å². The molecule has 132 valence electrons. The Morgan fingerprint density at radius 1 is 1.26 bits per heavy atom. The molecule has 0 amide bonds. The van der Waals surface area contributed by atoms with E-state index in [0.717, 1.165) is 25.7 Å². The van der Waals surface area contributed by atoms with Gasteiger partial charge in [-0.1, -0.05) is 13.3 Å². The van der Waals surface area contributed by atoms with E-state index in [4.69, 9.17) is 18.9 Å². The molecule has 1 N–H and O–H groups in total. The van der Waals surface area contributed by atoms with Gasteiger partial charge in [-0.3, -0.25) is 9.59 Å². The van der Waals surface area contributed by atoms with E-state index < -0.39 is 36.0 Å². The Balaban J connectivity index is 2.17. The third kappa shape index (κ3) is 4.02. The maximum atomic E-state index is 11.4. The second-order valence-corrected chi connectivity index (χ2v) is 6.21. The highest BCUT2D eigenvalue weighted by Crippen LogP contribution is 2.44. The van der Waals surface area contributed by atoms with E-state index in [1.54, 1.807) is 0 Å². The van der Waals surface area contributed by atoms with E-state index in [0.29, 0.717) is 13.0 Å². The average Bonchev–Trinajstić information content (AvgIpc) is 2.72. The first-order valence-corrected chi connectivity index (χ1v) is 8.22. The van der Waals surface area contributed by atoms with Crippen LogP contribution in [0.2, 0.25) is 0 Å². The number of hydrogen-bond donors (Lipinski definition) is 1. The Morgan fingerprint density at radius 2 is 1.96 bits per heavy atom. The largest absolute Gasteiger partial charge is 0.453 e. The molecular weight excluding hydrogens is 304 g/mol. The van der Waals surface area contributed by atoms with E-state index in [2.05, 4.69) is 6.92 Å². The Hall–Kier alpha value is -1.18. The fraction of sp³-hybridized carbons (Fsp3) is 0.875. The highest BCUT2D eigenvalue weighted by atomic mass is 16.7. The second kappa shape index (κ2) is 7.59. The van der Waals surface area contributed by atoms with Gasteiger partial charge < -0.3 is 24.1 Å². The monoisotopic (exact) mass is 330 g/mol. The number of carbonyl (C=O) groups is 2. The second-order valence-electron chi connectivity index (χ2n) is 6.21. The number of rotatable bonds is 6. The first-order chi connectivity index (χ1) is 10.9. The molecule has 0 radical (unpaired) electrons. The third-order valence-electron chi connectivity index (χ3n) is 4.32. The average molecular weight is 330 g/mol. The zero-order valence-corrected chi connectivity index (χ0v) is 13.9. The van der Waals surface area contributed by atoms with Crippen LogP contribution in [0.5, 0.6) is 0 Å². The topological polar surface area (TPSA) is 91.3 Å². The van der Waals surface area contributed by atoms with Crippen molar-refractivity contribution in [2.75, 3.05) is 6.61 Å². The lowest BCUT2D eigenvalue weighted by Gasteiger charge is -2.40. The fourth-order valence-corrected chi connectivity index (χ4v) is 3.30. The summed E-state index contributed by atoms with van der Waals surface area (Å²) in [5.74, 6) is -1.11. The summed E-state index contributed by atoms with van der Waals surface area (Å²) in [6.07, 6.45) is 0.667. The number of hydrogen-bond acceptors (Lipinski definition) is 7. The Bertz CT molecular complexity index is 438. The van der Waals surface area contributed by atoms with E-state index in [1.807, 2.05) is 0 Å². The summed E-state index contributed by atoms with van der Waals surface area (Å²) in [4.78, 5) is 22.7. The fourth-order valence-electron chi connectivity index (χ4n) is 3.30. The molecule has 1 saturated heterocycles. The van der Waals surface area contributed by atoms with Gasteiger partial charge in [0, 0.05) is 20.5 Å². The molecule has 0 aromatic carbocycles. The molecule has 0 spiro atoms. The summed E-state index contributed by atoms with van der Waals surface area (Å²) < 4.78 is 21.9. The molecule has 1 saturated carbocycles. The van der Waals surface area contributed by atoms with E-state index >= 15 is 0 Å². The van der Waals surface area contributed by atoms with Crippen LogP contribution in [0.1, 0.15) is 52.9 Å². The van der Waals surface area contributed by atoms with Gasteiger partial charge in [0.05, 0.1) is 6.10 Å². The van der Waals surface area contributed by atoms with Gasteiger partial charge in [0.15, 0.2) is 6.10 Å². The van der Waals surface area contributed by atoms with Gasteiger partial charge in [-0.05, 0) is 25.7 Å². The number of aliphatic hydroxyl groups is 1. The summed E-state index contributed by atoms with van der Waals surface area (Å²) in [5, 5.41) is 11.1. The standard InChI is InChI=1S/C16H26O7/c1-4-5-9-20-12-7-6-8-16(19)13(12)23-15(22-11(3)18)14(16)21-10(2)17/h12-15,19H,4-9H2,1-3H3/t12-,13-,14-,15-,16-/m0/s1. The van der Waals surface area contributed by atoms with Gasteiger partial charge in [0.2, 0.25) is 6.29 Å². The quantitative estimate of drug-likeness (QED) is 0.580. The van der Waals surface area contributed by atoms with E-state index in [9.17, 15) is 14.7 Å². The van der Waals surface area contributed by atoms with Crippen LogP contribution in [-0.4, -0.2) is 53.9 Å². The summed E-state index contributed by atoms with van der Waals surface area (Å²) in [5.41, 5.74) is -1.40. The number of unbranched alkanes of at least 4 members (excludes halogenated alkanes) is 1. The predicted molar refractivity (Wildman–Crippen MR) is 79.4 cm³/mol. The van der Waals surface area contributed by atoms with Crippen molar-refractivity contribution in [3.05, 3.63) is 0 Å². The SMILES string of the molecule is CCCCO[C@H]1CCC[C@@]2(O)[C@@H](OC(C)=O)[C@@H](OC(C)=O)O[C@@H]12. The molecule has 0 aromatic rings. The molecule has 0 aromatic heterocycles. The zero-order chi connectivity index (χ0) is 17.0. The normalized spacial score (nSPS) is 36.3. The van der Waals surface area contributed by atoms with Crippen LogP contribution < -0.4 is 0 Å². The first-order valence-electron chi connectivity index (χ1n) is 8.22. The van der Waals surface area contributed by atoms with Gasteiger partial charge in [-0.15, -0.1) is 0 Å². The molecule has 23 heavy (non-hydrogen) atoms. The molecule has 5 atom stereocenters. The van der Waals surface area contributed by atoms with Crippen molar-refractivity contribution >= 4 is 11.9 Å². The van der Waals surface area contributed by atoms with Gasteiger partial charge in [-0.25, -0.2) is 0 Å². The molecule has 1 aliphatic heterocycles. The third-order valence-corrected chi connectivity index (χ3v) is 4.32. The lowest BCUT2D eigenvalue weighted by atomic mass is 9.78. The minimum absolute atomic E-state index is 0.307. The number of ether oxygens (including phenoxy) is 4. The van der Waals surface area contributed by atoms with Crippen molar-refractivity contribution in [1.29, 1.82) is 0 Å². The Labute approximate surface area is 136 Å². The minimum Gasteiger partial charge on any atom is -0.453 e. The highest BCUT2D eigenvalue weighted by molar-refractivity contribution is 5.67. The lowest BCUT2D eigenvalue weighted by Crippen LogP contribution is -2.56. The van der Waals surface area contributed by atoms with Crippen LogP contribution in [0, 0.1) is 0 Å². The molecule has 7 nitrogen and oxygen atoms in total. The van der Waals surface area contributed by atoms with E-state index in [1.165, 1.54) is 13.8 Å². The molecular formula is C16H26O7. The maximum absolute atomic E-state index is 11.4. The molecule has 2 aliphatic rings. The van der Waals surface area contributed by atoms with Crippen LogP contribution >= 0.6 is 0 Å². The highest BCUT2D eigenvalue weighted by Gasteiger charge is 2.63. The molecule has 7 heteroatoms. The molecule has 0 unspecified atom stereocenters. The Kier molecular flexibility index (Phi) is 6.00. The lowest BCUT2D eigenvalue weighted by molar-refractivity contribution is -0.200. The van der Waals surface area contributed by atoms with Crippen molar-refractivity contribution in [2.24, 2.45) is 0 Å². The van der Waals surface area contributed by atoms with Gasteiger partial charge in [0.25, 0.3) is 0 Å². The molecule has 2 rings (SSSR count). The van der Waals surface area contributed by atoms with Crippen molar-refractivity contribution in [1.82, 2.24) is 0 Å². The van der Waals surface area contributed by atoms with Gasteiger partial charge in [-0.2, -0.15) is 0 Å². The van der Waals surface area contributed by atoms with Crippen LogP contribution in [0.15, 0.2) is 0 Å². The number of esters is 2. The molecule has 1 aliphatic carbocycles. The van der Waals surface area contributed by atoms with Gasteiger partial charge >= 0.3 is 11.9 Å². The minimum atomic E-state index is -1.40. The maximum Gasteiger partial charge on any atom is 0.305 e. The van der Waals surface area contributed by atoms with Crippen LogP contribution in [0.3, 0.4) is 0 Å². The smallest absolute Gasteiger partial charge is 0.305 e. The van der Waals surface area contributed by atoms with Crippen LogP contribution in [0.4, 0.5) is 0 Å².